The van der Waals surface area contributed by atoms with Gasteiger partial charge in [-0.3, -0.25) is 9.36 Å². The van der Waals surface area contributed by atoms with Gasteiger partial charge in [0.1, 0.15) is 6.61 Å². The number of methoxy groups -OCH3 is 1. The van der Waals surface area contributed by atoms with Crippen molar-refractivity contribution >= 4 is 46.7 Å². The summed E-state index contributed by atoms with van der Waals surface area (Å²) in [5.74, 6) is 0.637. The van der Waals surface area contributed by atoms with Gasteiger partial charge in [-0.15, -0.1) is 11.8 Å². The number of hydrogen-bond acceptors (Lipinski definition) is 8. The Labute approximate surface area is 256 Å². The molecule has 1 aliphatic rings. The van der Waals surface area contributed by atoms with Crippen LogP contribution >= 0.6 is 34.7 Å². The minimum atomic E-state index is -0.656. The number of aromatic nitrogens is 1. The molecule has 0 aliphatic carbocycles. The van der Waals surface area contributed by atoms with Gasteiger partial charge in [0.25, 0.3) is 5.56 Å². The van der Waals surface area contributed by atoms with Crippen LogP contribution in [-0.4, -0.2) is 30.5 Å². The molecule has 7 nitrogen and oxygen atoms in total. The summed E-state index contributed by atoms with van der Waals surface area (Å²) in [7, 11) is 1.57. The van der Waals surface area contributed by atoms with Gasteiger partial charge in [0.15, 0.2) is 16.3 Å². The van der Waals surface area contributed by atoms with Crippen molar-refractivity contribution in [3.05, 3.63) is 119 Å². The second-order valence-corrected chi connectivity index (χ2v) is 11.7. The first-order valence-corrected chi connectivity index (χ1v) is 15.6. The fraction of sp³-hybridized carbons (Fsp3) is 0.219. The van der Waals surface area contributed by atoms with E-state index >= 15 is 0 Å². The summed E-state index contributed by atoms with van der Waals surface area (Å²) >= 11 is 8.88. The van der Waals surface area contributed by atoms with Gasteiger partial charge in [0.05, 0.1) is 35.6 Å². The number of ether oxygens (including phenoxy) is 3. The number of thiazole rings is 1. The van der Waals surface area contributed by atoms with Crippen molar-refractivity contribution in [2.75, 3.05) is 20.0 Å². The Morgan fingerprint density at radius 2 is 1.83 bits per heavy atom. The lowest BCUT2D eigenvalue weighted by Gasteiger charge is -2.24. The fourth-order valence-corrected chi connectivity index (χ4v) is 6.26. The first kappa shape index (κ1) is 29.7. The van der Waals surface area contributed by atoms with E-state index < -0.39 is 12.0 Å². The highest BCUT2D eigenvalue weighted by Crippen LogP contribution is 2.32. The van der Waals surface area contributed by atoms with Gasteiger partial charge in [-0.1, -0.05) is 53.3 Å². The van der Waals surface area contributed by atoms with E-state index in [1.54, 1.807) is 43.4 Å². The predicted octanol–water partition coefficient (Wildman–Crippen LogP) is 5.76. The molecule has 3 aromatic carbocycles. The van der Waals surface area contributed by atoms with Crippen LogP contribution in [0, 0.1) is 0 Å². The van der Waals surface area contributed by atoms with Crippen molar-refractivity contribution in [2.24, 2.45) is 4.99 Å². The van der Waals surface area contributed by atoms with Gasteiger partial charge < -0.3 is 14.2 Å². The lowest BCUT2D eigenvalue weighted by Crippen LogP contribution is -2.39. The van der Waals surface area contributed by atoms with E-state index in [9.17, 15) is 9.59 Å². The zero-order valence-corrected chi connectivity index (χ0v) is 25.9. The molecule has 0 spiro atoms. The maximum Gasteiger partial charge on any atom is 0.338 e. The SMILES string of the molecule is CCOC(=O)C1=C(C)N=c2s/c(=C\c3ccc(OCc4ccc(Cl)cc4)c(OC)c3)c(=O)n2[C@H]1c1ccc(SC)cc1. The van der Waals surface area contributed by atoms with Gasteiger partial charge >= 0.3 is 5.97 Å². The summed E-state index contributed by atoms with van der Waals surface area (Å²) in [6.07, 6.45) is 3.80. The Balaban J connectivity index is 1.53. The summed E-state index contributed by atoms with van der Waals surface area (Å²) in [4.78, 5) is 33.3. The summed E-state index contributed by atoms with van der Waals surface area (Å²) in [6, 6.07) is 20.1. The molecule has 1 atom stereocenters. The van der Waals surface area contributed by atoms with E-state index in [1.165, 1.54) is 11.3 Å². The van der Waals surface area contributed by atoms with Crippen LogP contribution in [0.25, 0.3) is 6.08 Å². The molecule has 10 heteroatoms. The van der Waals surface area contributed by atoms with E-state index in [4.69, 9.17) is 25.8 Å². The van der Waals surface area contributed by atoms with Crippen molar-refractivity contribution in [1.82, 2.24) is 4.57 Å². The zero-order valence-electron chi connectivity index (χ0n) is 23.5. The van der Waals surface area contributed by atoms with Crippen LogP contribution in [0.5, 0.6) is 11.5 Å². The van der Waals surface area contributed by atoms with E-state index in [1.807, 2.05) is 73.0 Å². The molecule has 0 amide bonds. The Bertz CT molecular complexity index is 1830. The summed E-state index contributed by atoms with van der Waals surface area (Å²) in [5.41, 5.74) is 3.19. The Morgan fingerprint density at radius 1 is 1.10 bits per heavy atom. The number of carbonyl (C=O) groups is 1. The van der Waals surface area contributed by atoms with E-state index in [2.05, 4.69) is 4.99 Å². The molecule has 216 valence electrons. The van der Waals surface area contributed by atoms with Crippen molar-refractivity contribution < 1.29 is 19.0 Å². The van der Waals surface area contributed by atoms with Gasteiger partial charge in [-0.25, -0.2) is 9.79 Å². The van der Waals surface area contributed by atoms with Crippen LogP contribution in [-0.2, 0) is 16.1 Å². The predicted molar refractivity (Wildman–Crippen MR) is 167 cm³/mol. The van der Waals surface area contributed by atoms with Gasteiger partial charge in [-0.05, 0) is 79.3 Å². The van der Waals surface area contributed by atoms with Crippen LogP contribution < -0.4 is 24.4 Å². The number of allylic oxidation sites excluding steroid dienone is 1. The minimum Gasteiger partial charge on any atom is -0.493 e. The molecule has 5 rings (SSSR count). The molecule has 0 saturated heterocycles. The average molecular weight is 621 g/mol. The van der Waals surface area contributed by atoms with Crippen LogP contribution in [0.3, 0.4) is 0 Å². The molecular formula is C32H29ClN2O5S2. The Kier molecular flexibility index (Phi) is 9.21. The molecule has 0 unspecified atom stereocenters. The fourth-order valence-electron chi connectivity index (χ4n) is 4.68. The smallest absolute Gasteiger partial charge is 0.338 e. The van der Waals surface area contributed by atoms with E-state index in [-0.39, 0.29) is 12.2 Å². The topological polar surface area (TPSA) is 79.1 Å². The maximum absolute atomic E-state index is 13.9. The number of hydrogen-bond donors (Lipinski definition) is 0. The van der Waals surface area contributed by atoms with Gasteiger partial charge in [0.2, 0.25) is 0 Å². The quantitative estimate of drug-likeness (QED) is 0.175. The van der Waals surface area contributed by atoms with Crippen LogP contribution in [0.1, 0.15) is 36.6 Å². The number of fused-ring (bicyclic) bond motifs is 1. The second-order valence-electron chi connectivity index (χ2n) is 9.40. The lowest BCUT2D eigenvalue weighted by molar-refractivity contribution is -0.139. The molecule has 0 bridgehead atoms. The zero-order chi connectivity index (χ0) is 29.8. The molecule has 1 aliphatic heterocycles. The largest absolute Gasteiger partial charge is 0.493 e. The number of nitrogens with zero attached hydrogens (tertiary/aromatic N) is 2. The molecule has 0 fully saturated rings. The van der Waals surface area contributed by atoms with Gasteiger partial charge in [-0.2, -0.15) is 0 Å². The molecule has 0 saturated carbocycles. The van der Waals surface area contributed by atoms with E-state index in [0.29, 0.717) is 43.7 Å². The summed E-state index contributed by atoms with van der Waals surface area (Å²) < 4.78 is 19.0. The Morgan fingerprint density at radius 3 is 2.50 bits per heavy atom. The van der Waals surface area contributed by atoms with Crippen molar-refractivity contribution in [3.63, 3.8) is 0 Å². The molecule has 4 aromatic rings. The molecule has 0 N–H and O–H groups in total. The van der Waals surface area contributed by atoms with Gasteiger partial charge in [0, 0.05) is 9.92 Å². The van der Waals surface area contributed by atoms with Crippen molar-refractivity contribution in [3.8, 4) is 11.5 Å². The standard InChI is InChI=1S/C32H29ClN2O5S2/c1-5-39-31(37)28-19(2)34-32-35(29(28)22-9-13-24(41-4)14-10-22)30(36)27(42-32)17-21-8-15-25(26(16-21)38-3)40-18-20-6-11-23(33)12-7-20/h6-17,29H,5,18H2,1-4H3/b27-17-/t29-/m0/s1. The minimum absolute atomic E-state index is 0.222. The normalized spacial score (nSPS) is 14.8. The number of esters is 1. The lowest BCUT2D eigenvalue weighted by atomic mass is 9.96. The number of thioether (sulfide) groups is 1. The van der Waals surface area contributed by atoms with Crippen LogP contribution in [0.4, 0.5) is 0 Å². The maximum atomic E-state index is 13.9. The summed E-state index contributed by atoms with van der Waals surface area (Å²) in [6.45, 7) is 4.11. The number of halogens is 1. The van der Waals surface area contributed by atoms with Crippen molar-refractivity contribution in [2.45, 2.75) is 31.4 Å². The second kappa shape index (κ2) is 13.0. The third kappa shape index (κ3) is 6.18. The third-order valence-corrected chi connectivity index (χ3v) is 8.72. The molecule has 42 heavy (non-hydrogen) atoms. The number of benzene rings is 3. The monoisotopic (exact) mass is 620 g/mol. The third-order valence-electron chi connectivity index (χ3n) is 6.74. The van der Waals surface area contributed by atoms with Crippen LogP contribution in [0.2, 0.25) is 5.02 Å². The molecule has 0 radical (unpaired) electrons. The Hall–Kier alpha value is -3.79. The highest BCUT2D eigenvalue weighted by molar-refractivity contribution is 7.98. The summed E-state index contributed by atoms with van der Waals surface area (Å²) in [5, 5.41) is 0.665. The molecule has 1 aromatic heterocycles. The average Bonchev–Trinajstić information content (AvgIpc) is 3.30. The highest BCUT2D eigenvalue weighted by Gasteiger charge is 2.33. The van der Waals surface area contributed by atoms with E-state index in [0.717, 1.165) is 21.6 Å². The molecular weight excluding hydrogens is 592 g/mol. The first-order chi connectivity index (χ1) is 20.3. The molecule has 2 heterocycles. The van der Waals surface area contributed by atoms with Crippen molar-refractivity contribution in [1.29, 1.82) is 0 Å². The first-order valence-electron chi connectivity index (χ1n) is 13.2. The number of carbonyl (C=O) groups excluding carboxylic acids is 1. The number of rotatable bonds is 9. The van der Waals surface area contributed by atoms with Crippen LogP contribution in [0.15, 0.2) is 92.7 Å². The highest BCUT2D eigenvalue weighted by atomic mass is 35.5.